The highest BCUT2D eigenvalue weighted by molar-refractivity contribution is 5.97. The number of carbonyl (C=O) groups excluding carboxylic acids is 2. The molecule has 1 aliphatic carbocycles. The first-order chi connectivity index (χ1) is 15.9. The molecule has 170 valence electrons. The molecule has 1 heterocycles. The fraction of sp³-hybridized carbons (Fsp3) is 0.250. The summed E-state index contributed by atoms with van der Waals surface area (Å²) in [6.07, 6.45) is 0.274. The van der Waals surface area contributed by atoms with E-state index >= 15 is 0 Å². The Balaban J connectivity index is 1.77. The summed E-state index contributed by atoms with van der Waals surface area (Å²) < 4.78 is 15.5. The van der Waals surface area contributed by atoms with Crippen LogP contribution in [0.15, 0.2) is 51.7 Å². The average Bonchev–Trinajstić information content (AvgIpc) is 2.82. The minimum atomic E-state index is -0.366. The smallest absolute Gasteiger partial charge is 0.307 e. The number of anilines is 1. The highest BCUT2D eigenvalue weighted by Crippen LogP contribution is 2.33. The number of ether oxygens (including phenoxy) is 2. The largest absolute Gasteiger partial charge is 0.508 e. The number of hydrogen-bond acceptors (Lipinski definition) is 9. The second kappa shape index (κ2) is 9.15. The Morgan fingerprint density at radius 3 is 2.33 bits per heavy atom. The van der Waals surface area contributed by atoms with E-state index in [9.17, 15) is 19.5 Å². The van der Waals surface area contributed by atoms with Gasteiger partial charge in [0.1, 0.15) is 17.0 Å². The molecule has 0 saturated carbocycles. The Morgan fingerprint density at radius 2 is 1.67 bits per heavy atom. The molecule has 0 fully saturated rings. The van der Waals surface area contributed by atoms with Gasteiger partial charge in [0, 0.05) is 41.7 Å². The van der Waals surface area contributed by atoms with Crippen LogP contribution in [-0.2, 0) is 19.1 Å². The fourth-order valence-electron chi connectivity index (χ4n) is 3.67. The molecule has 0 bridgehead atoms. The lowest BCUT2D eigenvalue weighted by atomic mass is 10.0. The Kier molecular flexibility index (Phi) is 6.12. The normalized spacial score (nSPS) is 11.1. The van der Waals surface area contributed by atoms with Crippen LogP contribution in [0.25, 0.3) is 33.3 Å². The maximum Gasteiger partial charge on any atom is 0.307 e. The van der Waals surface area contributed by atoms with E-state index in [-0.39, 0.29) is 36.0 Å². The van der Waals surface area contributed by atoms with E-state index in [0.717, 1.165) is 0 Å². The lowest BCUT2D eigenvalue weighted by Gasteiger charge is -2.24. The summed E-state index contributed by atoms with van der Waals surface area (Å²) >= 11 is 0. The van der Waals surface area contributed by atoms with E-state index < -0.39 is 0 Å². The van der Waals surface area contributed by atoms with E-state index in [4.69, 9.17) is 13.9 Å². The lowest BCUT2D eigenvalue weighted by Crippen LogP contribution is -2.29. The van der Waals surface area contributed by atoms with E-state index in [0.29, 0.717) is 52.1 Å². The maximum absolute atomic E-state index is 12.5. The summed E-state index contributed by atoms with van der Waals surface area (Å²) in [6, 6.07) is 11.2. The minimum absolute atomic E-state index is 0.0264. The van der Waals surface area contributed by atoms with Crippen molar-refractivity contribution in [3.8, 4) is 17.2 Å². The third-order valence-electron chi connectivity index (χ3n) is 5.41. The van der Waals surface area contributed by atoms with Gasteiger partial charge in [0.2, 0.25) is 0 Å². The van der Waals surface area contributed by atoms with E-state index in [1.807, 2.05) is 11.0 Å². The van der Waals surface area contributed by atoms with Crippen LogP contribution < -0.4 is 10.3 Å². The number of rotatable bonds is 7. The van der Waals surface area contributed by atoms with Gasteiger partial charge in [0.25, 0.3) is 0 Å². The molecule has 1 N–H and O–H groups in total. The SMILES string of the molecule is COC(=O)CCN(CCC(=O)OC)c1ccc2nc3c4cc(O)ccc4c(=O)cc-3oc2c1. The number of carbonyl (C=O) groups is 2. The van der Waals surface area contributed by atoms with Crippen LogP contribution in [0.1, 0.15) is 12.8 Å². The van der Waals surface area contributed by atoms with Crippen molar-refractivity contribution >= 4 is 39.5 Å². The van der Waals surface area contributed by atoms with Crippen LogP contribution >= 0.6 is 0 Å². The topological polar surface area (TPSA) is 119 Å². The molecule has 0 unspecified atom stereocenters. The summed E-state index contributed by atoms with van der Waals surface area (Å²) in [5.41, 5.74) is 1.92. The molecule has 9 heteroatoms. The Labute approximate surface area is 188 Å². The molecule has 4 rings (SSSR count). The van der Waals surface area contributed by atoms with Gasteiger partial charge in [0.05, 0.1) is 27.1 Å². The van der Waals surface area contributed by atoms with Gasteiger partial charge >= 0.3 is 11.9 Å². The van der Waals surface area contributed by atoms with Crippen molar-refractivity contribution in [3.05, 3.63) is 52.7 Å². The first kappa shape index (κ1) is 22.1. The molecule has 0 radical (unpaired) electrons. The number of aromatic hydroxyl groups is 1. The van der Waals surface area contributed by atoms with Gasteiger partial charge in [0.15, 0.2) is 16.8 Å². The van der Waals surface area contributed by atoms with Gasteiger partial charge in [-0.1, -0.05) is 0 Å². The number of esters is 2. The van der Waals surface area contributed by atoms with Gasteiger partial charge in [-0.15, -0.1) is 0 Å². The molecule has 9 nitrogen and oxygen atoms in total. The summed E-state index contributed by atoms with van der Waals surface area (Å²) in [7, 11) is 2.64. The molecule has 1 aliphatic heterocycles. The lowest BCUT2D eigenvalue weighted by molar-refractivity contribution is -0.140. The first-order valence-corrected chi connectivity index (χ1v) is 10.3. The van der Waals surface area contributed by atoms with Crippen LogP contribution in [0.4, 0.5) is 5.69 Å². The maximum atomic E-state index is 12.5. The van der Waals surface area contributed by atoms with Crippen molar-refractivity contribution in [2.24, 2.45) is 0 Å². The number of hydrogen-bond donors (Lipinski definition) is 1. The first-order valence-electron chi connectivity index (χ1n) is 10.3. The van der Waals surface area contributed by atoms with Crippen LogP contribution in [0.2, 0.25) is 0 Å². The molecule has 0 saturated heterocycles. The van der Waals surface area contributed by atoms with Crippen molar-refractivity contribution < 1.29 is 28.6 Å². The second-order valence-electron chi connectivity index (χ2n) is 7.46. The molecule has 2 aliphatic rings. The summed E-state index contributed by atoms with van der Waals surface area (Å²) in [4.78, 5) is 42.3. The molecule has 0 spiro atoms. The number of nitrogens with zero attached hydrogens (tertiary/aromatic N) is 2. The number of phenolic OH excluding ortho intramolecular Hbond substituents is 1. The predicted molar refractivity (Wildman–Crippen MR) is 122 cm³/mol. The van der Waals surface area contributed by atoms with Crippen LogP contribution in [-0.4, -0.2) is 49.3 Å². The van der Waals surface area contributed by atoms with Crippen LogP contribution in [0, 0.1) is 0 Å². The van der Waals surface area contributed by atoms with Crippen LogP contribution in [0.3, 0.4) is 0 Å². The Hall–Kier alpha value is -4.14. The highest BCUT2D eigenvalue weighted by Gasteiger charge is 2.18. The van der Waals surface area contributed by atoms with Gasteiger partial charge in [-0.05, 0) is 30.3 Å². The van der Waals surface area contributed by atoms with E-state index in [2.05, 4.69) is 4.98 Å². The van der Waals surface area contributed by atoms with E-state index in [1.165, 1.54) is 32.4 Å². The van der Waals surface area contributed by atoms with Crippen molar-refractivity contribution in [1.29, 1.82) is 0 Å². The summed E-state index contributed by atoms with van der Waals surface area (Å²) in [5, 5.41) is 10.8. The number of fused-ring (bicyclic) bond motifs is 4. The molecule has 2 aromatic rings. The second-order valence-corrected chi connectivity index (χ2v) is 7.46. The quantitative estimate of drug-likeness (QED) is 0.257. The van der Waals surface area contributed by atoms with Crippen molar-refractivity contribution in [1.82, 2.24) is 4.98 Å². The third-order valence-corrected chi connectivity index (χ3v) is 5.41. The number of phenols is 1. The minimum Gasteiger partial charge on any atom is -0.508 e. The van der Waals surface area contributed by atoms with Crippen molar-refractivity contribution in [3.63, 3.8) is 0 Å². The highest BCUT2D eigenvalue weighted by atomic mass is 16.5. The third kappa shape index (κ3) is 4.57. The summed E-state index contributed by atoms with van der Waals surface area (Å²) in [5.74, 6) is -0.416. The Bertz CT molecular complexity index is 1360. The van der Waals surface area contributed by atoms with Gasteiger partial charge in [-0.25, -0.2) is 4.98 Å². The van der Waals surface area contributed by atoms with Gasteiger partial charge < -0.3 is 23.9 Å². The zero-order valence-electron chi connectivity index (χ0n) is 18.2. The molecular weight excluding hydrogens is 428 g/mol. The molecule has 0 aromatic heterocycles. The zero-order chi connectivity index (χ0) is 23.5. The standard InChI is InChI=1S/C24H22N2O7/c1-31-22(29)7-9-26(10-8-23(30)32-2)14-3-6-18-20(11-14)33-21-13-19(28)16-5-4-15(27)12-17(16)24(21)25-18/h3-6,11-13,27H,7-10H2,1-2H3. The van der Waals surface area contributed by atoms with Crippen molar-refractivity contribution in [2.45, 2.75) is 12.8 Å². The average molecular weight is 450 g/mol. The molecule has 2 aromatic carbocycles. The molecular formula is C24H22N2O7. The zero-order valence-corrected chi connectivity index (χ0v) is 18.2. The van der Waals surface area contributed by atoms with Crippen LogP contribution in [0.5, 0.6) is 5.75 Å². The van der Waals surface area contributed by atoms with Crippen molar-refractivity contribution in [2.75, 3.05) is 32.2 Å². The molecule has 0 amide bonds. The predicted octanol–water partition coefficient (Wildman–Crippen LogP) is 3.08. The van der Waals surface area contributed by atoms with Gasteiger partial charge in [-0.2, -0.15) is 0 Å². The van der Waals surface area contributed by atoms with Gasteiger partial charge in [-0.3, -0.25) is 14.4 Å². The summed E-state index contributed by atoms with van der Waals surface area (Å²) in [6.45, 7) is 0.648. The Morgan fingerprint density at radius 1 is 0.970 bits per heavy atom. The number of methoxy groups -OCH3 is 2. The molecule has 33 heavy (non-hydrogen) atoms. The van der Waals surface area contributed by atoms with E-state index in [1.54, 1.807) is 18.2 Å². The number of benzene rings is 3. The number of aromatic nitrogens is 1. The molecule has 0 atom stereocenters. The monoisotopic (exact) mass is 450 g/mol. The fourth-order valence-corrected chi connectivity index (χ4v) is 3.67.